The van der Waals surface area contributed by atoms with Gasteiger partial charge in [-0.3, -0.25) is 0 Å². The minimum Gasteiger partial charge on any atom is -0.376 e. The summed E-state index contributed by atoms with van der Waals surface area (Å²) in [5.41, 5.74) is 1.68. The van der Waals surface area contributed by atoms with Crippen molar-refractivity contribution in [3.63, 3.8) is 0 Å². The molecule has 3 aliphatic rings. The highest BCUT2D eigenvalue weighted by Gasteiger charge is 2.35. The Balaban J connectivity index is 1.97. The van der Waals surface area contributed by atoms with Crippen LogP contribution < -0.4 is 0 Å². The van der Waals surface area contributed by atoms with Crippen molar-refractivity contribution in [2.75, 3.05) is 13.2 Å². The molecule has 1 saturated heterocycles. The van der Waals surface area contributed by atoms with Crippen molar-refractivity contribution in [3.05, 3.63) is 35.5 Å². The number of aliphatic hydroxyl groups excluding tert-OH is 1. The number of fused-ring (bicyclic) bond motifs is 2. The Morgan fingerprint density at radius 1 is 1.23 bits per heavy atom. The van der Waals surface area contributed by atoms with E-state index in [2.05, 4.69) is 36.7 Å². The zero-order valence-corrected chi connectivity index (χ0v) is 13.0. The molecule has 22 heavy (non-hydrogen) atoms. The van der Waals surface area contributed by atoms with Gasteiger partial charge in [0.25, 0.3) is 0 Å². The molecule has 3 rings (SSSR count). The Labute approximate surface area is 131 Å². The van der Waals surface area contributed by atoms with E-state index in [1.807, 2.05) is 13.0 Å². The summed E-state index contributed by atoms with van der Waals surface area (Å²) >= 11 is 0. The van der Waals surface area contributed by atoms with Gasteiger partial charge in [0.05, 0.1) is 18.6 Å². The van der Waals surface area contributed by atoms with Gasteiger partial charge in [0.2, 0.25) is 0 Å². The van der Waals surface area contributed by atoms with Crippen molar-refractivity contribution >= 4 is 0 Å². The van der Waals surface area contributed by atoms with Crippen molar-refractivity contribution < 1.29 is 14.6 Å². The van der Waals surface area contributed by atoms with E-state index in [-0.39, 0.29) is 5.41 Å². The van der Waals surface area contributed by atoms with Crippen molar-refractivity contribution in [2.45, 2.75) is 38.6 Å². The van der Waals surface area contributed by atoms with Gasteiger partial charge < -0.3 is 14.6 Å². The molecule has 1 aliphatic heterocycles. The Morgan fingerprint density at radius 3 is 2.73 bits per heavy atom. The SMILES string of the molecule is CC12C#C/C=C/C#CC(O)C(=C(CC3(C)OCCO3)C=C1)C2. The highest BCUT2D eigenvalue weighted by molar-refractivity contribution is 5.44. The molecule has 2 aliphatic carbocycles. The molecular weight excluding hydrogens is 276 g/mol. The van der Waals surface area contributed by atoms with E-state index in [0.717, 1.165) is 11.1 Å². The number of ether oxygens (including phenoxy) is 2. The van der Waals surface area contributed by atoms with Crippen LogP contribution in [0.3, 0.4) is 0 Å². The molecule has 114 valence electrons. The van der Waals surface area contributed by atoms with E-state index in [1.165, 1.54) is 0 Å². The molecular formula is C19H20O3. The summed E-state index contributed by atoms with van der Waals surface area (Å²) in [6.07, 6.45) is 8.04. The lowest BCUT2D eigenvalue weighted by molar-refractivity contribution is -0.140. The van der Waals surface area contributed by atoms with Crippen LogP contribution in [0.2, 0.25) is 0 Å². The average Bonchev–Trinajstić information content (AvgIpc) is 2.91. The lowest BCUT2D eigenvalue weighted by atomic mass is 9.75. The maximum Gasteiger partial charge on any atom is 0.169 e. The third-order valence-corrected chi connectivity index (χ3v) is 4.19. The van der Waals surface area contributed by atoms with Crippen LogP contribution in [0.4, 0.5) is 0 Å². The summed E-state index contributed by atoms with van der Waals surface area (Å²) in [4.78, 5) is 0. The van der Waals surface area contributed by atoms with Gasteiger partial charge >= 0.3 is 0 Å². The Kier molecular flexibility index (Phi) is 3.98. The van der Waals surface area contributed by atoms with Gasteiger partial charge in [0.1, 0.15) is 6.10 Å². The zero-order chi connectivity index (χ0) is 15.6. The summed E-state index contributed by atoms with van der Waals surface area (Å²) < 4.78 is 11.4. The second kappa shape index (κ2) is 5.78. The van der Waals surface area contributed by atoms with E-state index in [9.17, 15) is 5.11 Å². The summed E-state index contributed by atoms with van der Waals surface area (Å²) in [7, 11) is 0. The van der Waals surface area contributed by atoms with Crippen LogP contribution in [0.5, 0.6) is 0 Å². The molecule has 0 spiro atoms. The first-order valence-electron chi connectivity index (χ1n) is 7.56. The van der Waals surface area contributed by atoms with Crippen LogP contribution in [0, 0.1) is 29.1 Å². The van der Waals surface area contributed by atoms with Gasteiger partial charge in [-0.25, -0.2) is 0 Å². The highest BCUT2D eigenvalue weighted by Crippen LogP contribution is 2.39. The molecule has 0 aromatic rings. The van der Waals surface area contributed by atoms with Gasteiger partial charge in [-0.2, -0.15) is 0 Å². The van der Waals surface area contributed by atoms with Crippen molar-refractivity contribution in [2.24, 2.45) is 5.41 Å². The predicted octanol–water partition coefficient (Wildman–Crippen LogP) is 2.34. The second-order valence-corrected chi connectivity index (χ2v) is 6.28. The fraction of sp³-hybridized carbons (Fsp3) is 0.474. The number of hydrogen-bond acceptors (Lipinski definition) is 3. The molecule has 2 atom stereocenters. The van der Waals surface area contributed by atoms with Crippen LogP contribution in [-0.4, -0.2) is 30.2 Å². The maximum absolute atomic E-state index is 10.5. The molecule has 0 aromatic heterocycles. The molecule has 2 unspecified atom stereocenters. The first-order valence-corrected chi connectivity index (χ1v) is 7.56. The Bertz CT molecular complexity index is 669. The fourth-order valence-corrected chi connectivity index (χ4v) is 3.00. The van der Waals surface area contributed by atoms with Gasteiger partial charge in [-0.1, -0.05) is 35.8 Å². The maximum atomic E-state index is 10.5. The molecule has 3 nitrogen and oxygen atoms in total. The smallest absolute Gasteiger partial charge is 0.169 e. The van der Waals surface area contributed by atoms with Crippen molar-refractivity contribution in [1.29, 1.82) is 0 Å². The highest BCUT2D eigenvalue weighted by atomic mass is 16.7. The molecule has 1 heterocycles. The number of allylic oxidation sites excluding steroid dienone is 4. The molecule has 0 amide bonds. The van der Waals surface area contributed by atoms with Crippen molar-refractivity contribution in [1.82, 2.24) is 0 Å². The van der Waals surface area contributed by atoms with Gasteiger partial charge in [-0.05, 0) is 43.6 Å². The number of rotatable bonds is 2. The Morgan fingerprint density at radius 2 is 1.95 bits per heavy atom. The van der Waals surface area contributed by atoms with E-state index in [1.54, 1.807) is 12.2 Å². The quantitative estimate of drug-likeness (QED) is 0.795. The lowest BCUT2D eigenvalue weighted by Crippen LogP contribution is -2.29. The minimum atomic E-state index is -0.783. The molecule has 1 N–H and O–H groups in total. The summed E-state index contributed by atoms with van der Waals surface area (Å²) in [5, 5.41) is 10.5. The largest absolute Gasteiger partial charge is 0.376 e. The fourth-order valence-electron chi connectivity index (χ4n) is 3.00. The Hall–Kier alpha value is -1.78. The van der Waals surface area contributed by atoms with E-state index < -0.39 is 11.9 Å². The van der Waals surface area contributed by atoms with Crippen LogP contribution in [-0.2, 0) is 9.47 Å². The zero-order valence-electron chi connectivity index (χ0n) is 13.0. The minimum absolute atomic E-state index is 0.276. The van der Waals surface area contributed by atoms with Crippen LogP contribution >= 0.6 is 0 Å². The first kappa shape index (κ1) is 15.1. The average molecular weight is 296 g/mol. The molecule has 1 fully saturated rings. The number of aliphatic hydroxyl groups is 1. The monoisotopic (exact) mass is 296 g/mol. The van der Waals surface area contributed by atoms with Crippen molar-refractivity contribution in [3.8, 4) is 23.7 Å². The summed E-state index contributed by atoms with van der Waals surface area (Å²) in [5.74, 6) is 11.4. The van der Waals surface area contributed by atoms with Gasteiger partial charge in [-0.15, -0.1) is 0 Å². The summed E-state index contributed by atoms with van der Waals surface area (Å²) in [6.45, 7) is 5.24. The van der Waals surface area contributed by atoms with E-state index >= 15 is 0 Å². The molecule has 0 saturated carbocycles. The molecule has 3 heteroatoms. The number of hydrogen-bond donors (Lipinski definition) is 1. The van der Waals surface area contributed by atoms with Crippen LogP contribution in [0.1, 0.15) is 26.7 Å². The first-order chi connectivity index (χ1) is 10.5. The summed E-state index contributed by atoms with van der Waals surface area (Å²) in [6, 6.07) is 0. The third-order valence-electron chi connectivity index (χ3n) is 4.19. The van der Waals surface area contributed by atoms with Gasteiger partial charge in [0, 0.05) is 6.42 Å². The lowest BCUT2D eigenvalue weighted by Gasteiger charge is -2.31. The van der Waals surface area contributed by atoms with Crippen LogP contribution in [0.15, 0.2) is 35.5 Å². The second-order valence-electron chi connectivity index (χ2n) is 6.28. The van der Waals surface area contributed by atoms with Gasteiger partial charge in [0.15, 0.2) is 5.79 Å². The third kappa shape index (κ3) is 3.18. The molecule has 0 radical (unpaired) electrons. The van der Waals surface area contributed by atoms with E-state index in [4.69, 9.17) is 9.47 Å². The standard InChI is InChI=1S/C19H20O3/c1-18-9-6-4-3-5-7-17(20)16(14-18)15(8-10-18)13-19(2)21-11-12-22-19/h3-4,8,10,17,20H,11-14H2,1-2H3/b4-3+. The molecule has 2 bridgehead atoms. The predicted molar refractivity (Wildman–Crippen MR) is 84.5 cm³/mol. The topological polar surface area (TPSA) is 38.7 Å². The van der Waals surface area contributed by atoms with Crippen LogP contribution in [0.25, 0.3) is 0 Å². The molecule has 0 aromatic carbocycles. The van der Waals surface area contributed by atoms with E-state index in [0.29, 0.717) is 26.1 Å². The normalized spacial score (nSPS) is 33.5.